The van der Waals surface area contributed by atoms with Crippen LogP contribution in [0.3, 0.4) is 0 Å². The Hall–Kier alpha value is -0.120. The predicted molar refractivity (Wildman–Crippen MR) is 47.9 cm³/mol. The van der Waals surface area contributed by atoms with E-state index >= 15 is 0 Å². The Labute approximate surface area is 74.0 Å². The lowest BCUT2D eigenvalue weighted by atomic mass is 9.91. The second-order valence-corrected chi connectivity index (χ2v) is 3.77. The number of hydrogen-bond donors (Lipinski definition) is 2. The fraction of sp³-hybridized carbons (Fsp3) is 1.00. The Balaban J connectivity index is 2.36. The summed E-state index contributed by atoms with van der Waals surface area (Å²) in [5, 5.41) is 17.6. The van der Waals surface area contributed by atoms with E-state index in [1.807, 2.05) is 0 Å². The van der Waals surface area contributed by atoms with Crippen molar-refractivity contribution in [3.63, 3.8) is 0 Å². The number of rotatable bonds is 4. The molecular formula is C9H19NO2. The molecule has 1 aliphatic heterocycles. The summed E-state index contributed by atoms with van der Waals surface area (Å²) in [5.41, 5.74) is 0. The normalized spacial score (nSPS) is 31.2. The number of nitrogens with zero attached hydrogens (tertiary/aromatic N) is 1. The van der Waals surface area contributed by atoms with Crippen molar-refractivity contribution in [2.75, 3.05) is 33.4 Å². The first-order valence-electron chi connectivity index (χ1n) is 4.68. The number of aliphatic hydroxyl groups is 2. The van der Waals surface area contributed by atoms with Crippen LogP contribution in [-0.4, -0.2) is 48.5 Å². The molecule has 1 fully saturated rings. The van der Waals surface area contributed by atoms with E-state index in [9.17, 15) is 0 Å². The largest absolute Gasteiger partial charge is 0.396 e. The highest BCUT2D eigenvalue weighted by Gasteiger charge is 2.29. The van der Waals surface area contributed by atoms with Gasteiger partial charge in [0.25, 0.3) is 0 Å². The van der Waals surface area contributed by atoms with Gasteiger partial charge in [-0.2, -0.15) is 0 Å². The van der Waals surface area contributed by atoms with Gasteiger partial charge in [-0.3, -0.25) is 0 Å². The molecule has 0 bridgehead atoms. The molecule has 2 atom stereocenters. The number of likely N-dealkylation sites (tertiary alicyclic amines) is 1. The molecule has 0 saturated carbocycles. The van der Waals surface area contributed by atoms with Gasteiger partial charge in [-0.05, 0) is 31.7 Å². The standard InChI is InChI=1S/C9H19NO2/c1-10-6-8(2-4-11)9(7-10)3-5-12/h8-9,11-12H,2-7H2,1H3/t8-,9-/m0/s1. The average Bonchev–Trinajstić information content (AvgIpc) is 2.33. The average molecular weight is 173 g/mol. The molecule has 72 valence electrons. The fourth-order valence-corrected chi connectivity index (χ4v) is 2.16. The number of aliphatic hydroxyl groups excluding tert-OH is 2. The van der Waals surface area contributed by atoms with Crippen molar-refractivity contribution in [1.29, 1.82) is 0 Å². The first-order valence-corrected chi connectivity index (χ1v) is 4.68. The number of hydrogen-bond acceptors (Lipinski definition) is 3. The summed E-state index contributed by atoms with van der Waals surface area (Å²) >= 11 is 0. The Morgan fingerprint density at radius 1 is 1.08 bits per heavy atom. The molecular weight excluding hydrogens is 154 g/mol. The molecule has 0 amide bonds. The van der Waals surface area contributed by atoms with Gasteiger partial charge in [0.1, 0.15) is 0 Å². The molecule has 0 aromatic carbocycles. The quantitative estimate of drug-likeness (QED) is 0.625. The van der Waals surface area contributed by atoms with Crippen LogP contribution < -0.4 is 0 Å². The van der Waals surface area contributed by atoms with Crippen molar-refractivity contribution in [3.05, 3.63) is 0 Å². The molecule has 0 radical (unpaired) electrons. The zero-order valence-electron chi connectivity index (χ0n) is 7.74. The minimum Gasteiger partial charge on any atom is -0.396 e. The summed E-state index contributed by atoms with van der Waals surface area (Å²) in [5.74, 6) is 1.18. The minimum atomic E-state index is 0.278. The first-order chi connectivity index (χ1) is 5.77. The predicted octanol–water partition coefficient (Wildman–Crippen LogP) is -0.0710. The molecule has 0 aromatic rings. The summed E-state index contributed by atoms with van der Waals surface area (Å²) < 4.78 is 0. The molecule has 12 heavy (non-hydrogen) atoms. The van der Waals surface area contributed by atoms with Gasteiger partial charge in [0.05, 0.1) is 0 Å². The summed E-state index contributed by atoms with van der Waals surface area (Å²) in [7, 11) is 2.10. The molecule has 0 aliphatic carbocycles. The van der Waals surface area contributed by atoms with Crippen molar-refractivity contribution in [2.24, 2.45) is 11.8 Å². The molecule has 3 nitrogen and oxygen atoms in total. The monoisotopic (exact) mass is 173 g/mol. The maximum Gasteiger partial charge on any atom is 0.0434 e. The maximum atomic E-state index is 8.82. The molecule has 1 heterocycles. The molecule has 0 spiro atoms. The molecule has 1 aliphatic rings. The van der Waals surface area contributed by atoms with Crippen LogP contribution in [0.25, 0.3) is 0 Å². The van der Waals surface area contributed by atoms with Crippen LogP contribution >= 0.6 is 0 Å². The van der Waals surface area contributed by atoms with Crippen molar-refractivity contribution >= 4 is 0 Å². The summed E-state index contributed by atoms with van der Waals surface area (Å²) in [4.78, 5) is 2.28. The highest BCUT2D eigenvalue weighted by molar-refractivity contribution is 4.81. The SMILES string of the molecule is CN1C[C@H](CCO)[C@@H](CCO)C1. The molecule has 1 saturated heterocycles. The summed E-state index contributed by atoms with van der Waals surface area (Å²) in [6.07, 6.45) is 1.77. The van der Waals surface area contributed by atoms with Gasteiger partial charge in [0, 0.05) is 26.3 Å². The van der Waals surface area contributed by atoms with Crippen molar-refractivity contribution in [3.8, 4) is 0 Å². The van der Waals surface area contributed by atoms with Crippen LogP contribution in [0.4, 0.5) is 0 Å². The van der Waals surface area contributed by atoms with Crippen LogP contribution in [0.5, 0.6) is 0 Å². The summed E-state index contributed by atoms with van der Waals surface area (Å²) in [6.45, 7) is 2.71. The molecule has 0 aromatic heterocycles. The topological polar surface area (TPSA) is 43.7 Å². The minimum absolute atomic E-state index is 0.278. The Kier molecular flexibility index (Phi) is 3.98. The van der Waals surface area contributed by atoms with Crippen LogP contribution in [0, 0.1) is 11.8 Å². The second kappa shape index (κ2) is 4.80. The van der Waals surface area contributed by atoms with E-state index in [2.05, 4.69) is 11.9 Å². The Morgan fingerprint density at radius 3 is 1.83 bits per heavy atom. The second-order valence-electron chi connectivity index (χ2n) is 3.77. The van der Waals surface area contributed by atoms with Gasteiger partial charge in [0.15, 0.2) is 0 Å². The Morgan fingerprint density at radius 2 is 1.50 bits per heavy atom. The van der Waals surface area contributed by atoms with Crippen LogP contribution in [0.2, 0.25) is 0 Å². The van der Waals surface area contributed by atoms with Crippen LogP contribution in [0.15, 0.2) is 0 Å². The van der Waals surface area contributed by atoms with Gasteiger partial charge in [-0.1, -0.05) is 0 Å². The highest BCUT2D eigenvalue weighted by atomic mass is 16.3. The highest BCUT2D eigenvalue weighted by Crippen LogP contribution is 2.27. The van der Waals surface area contributed by atoms with E-state index in [-0.39, 0.29) is 13.2 Å². The van der Waals surface area contributed by atoms with Gasteiger partial charge in [0.2, 0.25) is 0 Å². The third-order valence-electron chi connectivity index (χ3n) is 2.76. The first kappa shape index (κ1) is 9.96. The third kappa shape index (κ3) is 2.44. The van der Waals surface area contributed by atoms with E-state index in [0.29, 0.717) is 11.8 Å². The van der Waals surface area contributed by atoms with E-state index in [1.165, 1.54) is 0 Å². The van der Waals surface area contributed by atoms with Gasteiger partial charge in [-0.15, -0.1) is 0 Å². The van der Waals surface area contributed by atoms with Crippen molar-refractivity contribution < 1.29 is 10.2 Å². The lowest BCUT2D eigenvalue weighted by Gasteiger charge is -2.15. The van der Waals surface area contributed by atoms with Crippen LogP contribution in [-0.2, 0) is 0 Å². The molecule has 2 N–H and O–H groups in total. The summed E-state index contributed by atoms with van der Waals surface area (Å²) in [6, 6.07) is 0. The van der Waals surface area contributed by atoms with Gasteiger partial charge >= 0.3 is 0 Å². The smallest absolute Gasteiger partial charge is 0.0434 e. The van der Waals surface area contributed by atoms with E-state index in [0.717, 1.165) is 25.9 Å². The zero-order chi connectivity index (χ0) is 8.97. The Bertz CT molecular complexity index is 116. The third-order valence-corrected chi connectivity index (χ3v) is 2.76. The molecule has 3 heteroatoms. The van der Waals surface area contributed by atoms with Crippen molar-refractivity contribution in [1.82, 2.24) is 4.90 Å². The lowest BCUT2D eigenvalue weighted by molar-refractivity contribution is 0.210. The zero-order valence-corrected chi connectivity index (χ0v) is 7.74. The van der Waals surface area contributed by atoms with Gasteiger partial charge < -0.3 is 15.1 Å². The van der Waals surface area contributed by atoms with E-state index in [4.69, 9.17) is 10.2 Å². The van der Waals surface area contributed by atoms with Crippen LogP contribution in [0.1, 0.15) is 12.8 Å². The van der Waals surface area contributed by atoms with Gasteiger partial charge in [-0.25, -0.2) is 0 Å². The lowest BCUT2D eigenvalue weighted by Crippen LogP contribution is -2.15. The fourth-order valence-electron chi connectivity index (χ4n) is 2.16. The molecule has 0 unspecified atom stereocenters. The van der Waals surface area contributed by atoms with Crippen molar-refractivity contribution in [2.45, 2.75) is 12.8 Å². The van der Waals surface area contributed by atoms with E-state index in [1.54, 1.807) is 0 Å². The molecule has 1 rings (SSSR count). The maximum absolute atomic E-state index is 8.82. The van der Waals surface area contributed by atoms with E-state index < -0.39 is 0 Å².